The van der Waals surface area contributed by atoms with Crippen LogP contribution in [-0.4, -0.2) is 21.8 Å². The zero-order valence-corrected chi connectivity index (χ0v) is 11.1. The summed E-state index contributed by atoms with van der Waals surface area (Å²) in [7, 11) is 0. The van der Waals surface area contributed by atoms with Crippen molar-refractivity contribution < 1.29 is 9.53 Å². The molecule has 1 rings (SSSR count). The molecule has 1 aromatic rings. The predicted octanol–water partition coefficient (Wildman–Crippen LogP) is 2.63. The molecule has 17 heavy (non-hydrogen) atoms. The van der Waals surface area contributed by atoms with Crippen LogP contribution in [0.15, 0.2) is 12.3 Å². The fourth-order valence-corrected chi connectivity index (χ4v) is 1.43. The normalized spacial score (nSPS) is 13.5. The third-order valence-corrected chi connectivity index (χ3v) is 2.15. The molecule has 0 saturated carbocycles. The molecule has 5 heteroatoms. The van der Waals surface area contributed by atoms with Gasteiger partial charge in [-0.25, -0.2) is 4.79 Å². The third-order valence-electron chi connectivity index (χ3n) is 2.15. The van der Waals surface area contributed by atoms with Gasteiger partial charge in [-0.05, 0) is 32.8 Å². The van der Waals surface area contributed by atoms with E-state index in [1.165, 1.54) is 0 Å². The van der Waals surface area contributed by atoms with Gasteiger partial charge in [0.25, 0.3) is 0 Å². The second-order valence-electron chi connectivity index (χ2n) is 5.46. The van der Waals surface area contributed by atoms with E-state index in [1.54, 1.807) is 6.20 Å². The second-order valence-corrected chi connectivity index (χ2v) is 5.46. The first-order valence-corrected chi connectivity index (χ1v) is 5.77. The lowest BCUT2D eigenvalue weighted by atomic mass is 10.0. The van der Waals surface area contributed by atoms with E-state index in [9.17, 15) is 4.79 Å². The molecule has 5 nitrogen and oxygen atoms in total. The molecule has 1 amide bonds. The van der Waals surface area contributed by atoms with Gasteiger partial charge in [0.15, 0.2) is 0 Å². The van der Waals surface area contributed by atoms with Gasteiger partial charge < -0.3 is 10.1 Å². The summed E-state index contributed by atoms with van der Waals surface area (Å²) < 4.78 is 5.41. The number of hydrogen-bond acceptors (Lipinski definition) is 3. The lowest BCUT2D eigenvalue weighted by Crippen LogP contribution is -2.41. The van der Waals surface area contributed by atoms with Crippen LogP contribution in [0, 0.1) is 5.92 Å². The van der Waals surface area contributed by atoms with Gasteiger partial charge in [0.2, 0.25) is 0 Å². The van der Waals surface area contributed by atoms with E-state index in [0.29, 0.717) is 0 Å². The van der Waals surface area contributed by atoms with Crippen LogP contribution in [0.3, 0.4) is 0 Å². The van der Waals surface area contributed by atoms with Crippen molar-refractivity contribution in [3.63, 3.8) is 0 Å². The molecule has 1 heterocycles. The molecular formula is C12H21N3O2. The van der Waals surface area contributed by atoms with Crippen LogP contribution in [0.2, 0.25) is 0 Å². The summed E-state index contributed by atoms with van der Waals surface area (Å²) in [5.74, 6) is 0.182. The van der Waals surface area contributed by atoms with Crippen LogP contribution in [0.5, 0.6) is 0 Å². The number of nitrogens with one attached hydrogen (secondary N) is 2. The molecule has 2 N–H and O–H groups in total. The molecule has 0 fully saturated rings. The van der Waals surface area contributed by atoms with E-state index in [1.807, 2.05) is 40.7 Å². The third kappa shape index (κ3) is 4.46. The second kappa shape index (κ2) is 5.21. The van der Waals surface area contributed by atoms with E-state index in [-0.39, 0.29) is 17.6 Å². The Kier molecular flexibility index (Phi) is 4.15. The molecule has 0 aliphatic carbocycles. The lowest BCUT2D eigenvalue weighted by Gasteiger charge is -2.24. The average Bonchev–Trinajstić information content (AvgIpc) is 2.63. The number of nitrogens with zero attached hydrogens (tertiary/aromatic N) is 1. The standard InChI is InChI=1S/C12H21N3O2/c1-8(2)10(9-6-7-13-15-9)17-11(16)14-12(3,4)5/h6-8,10H,1-5H3,(H,13,15)(H,14,16)/t10-/m1/s1. The van der Waals surface area contributed by atoms with Gasteiger partial charge in [0.1, 0.15) is 6.10 Å². The number of aromatic amines is 1. The van der Waals surface area contributed by atoms with Crippen molar-refractivity contribution in [3.8, 4) is 0 Å². The number of alkyl carbamates (subject to hydrolysis) is 1. The SMILES string of the molecule is CC(C)[C@@H](OC(=O)NC(C)(C)C)c1ccn[nH]1. The van der Waals surface area contributed by atoms with Crippen LogP contribution >= 0.6 is 0 Å². The Morgan fingerprint density at radius 3 is 2.53 bits per heavy atom. The largest absolute Gasteiger partial charge is 0.439 e. The highest BCUT2D eigenvalue weighted by atomic mass is 16.6. The Hall–Kier alpha value is -1.52. The van der Waals surface area contributed by atoms with Crippen LogP contribution in [0.4, 0.5) is 4.79 Å². The molecule has 1 aromatic heterocycles. The van der Waals surface area contributed by atoms with Crippen LogP contribution in [0.1, 0.15) is 46.4 Å². The van der Waals surface area contributed by atoms with Crippen molar-refractivity contribution in [2.75, 3.05) is 0 Å². The molecular weight excluding hydrogens is 218 g/mol. The van der Waals surface area contributed by atoms with Crippen molar-refractivity contribution in [2.45, 2.75) is 46.3 Å². The summed E-state index contributed by atoms with van der Waals surface area (Å²) in [6, 6.07) is 1.81. The molecule has 0 radical (unpaired) electrons. The van der Waals surface area contributed by atoms with Gasteiger partial charge in [-0.3, -0.25) is 5.10 Å². The van der Waals surface area contributed by atoms with Crippen molar-refractivity contribution >= 4 is 6.09 Å². The number of rotatable bonds is 3. The quantitative estimate of drug-likeness (QED) is 0.852. The van der Waals surface area contributed by atoms with E-state index >= 15 is 0 Å². The summed E-state index contributed by atoms with van der Waals surface area (Å²) in [6.07, 6.45) is 0.932. The monoisotopic (exact) mass is 239 g/mol. The minimum absolute atomic E-state index is 0.182. The number of carbonyl (C=O) groups is 1. The molecule has 0 aliphatic heterocycles. The maximum atomic E-state index is 11.7. The first kappa shape index (κ1) is 13.5. The zero-order valence-electron chi connectivity index (χ0n) is 11.1. The number of aromatic nitrogens is 2. The number of ether oxygens (including phenoxy) is 1. The highest BCUT2D eigenvalue weighted by Gasteiger charge is 2.23. The summed E-state index contributed by atoms with van der Waals surface area (Å²) in [6.45, 7) is 9.73. The van der Waals surface area contributed by atoms with Gasteiger partial charge in [0, 0.05) is 11.7 Å². The van der Waals surface area contributed by atoms with E-state index in [0.717, 1.165) is 5.69 Å². The highest BCUT2D eigenvalue weighted by molar-refractivity contribution is 5.68. The van der Waals surface area contributed by atoms with Crippen molar-refractivity contribution in [1.29, 1.82) is 0 Å². The topological polar surface area (TPSA) is 67.0 Å². The molecule has 0 bridgehead atoms. The number of carbonyl (C=O) groups excluding carboxylic acids is 1. The molecule has 0 spiro atoms. The summed E-state index contributed by atoms with van der Waals surface area (Å²) in [4.78, 5) is 11.7. The Labute approximate surface area is 102 Å². The Bertz CT molecular complexity index is 352. The molecule has 0 unspecified atom stereocenters. The number of amides is 1. The Morgan fingerprint density at radius 2 is 2.12 bits per heavy atom. The van der Waals surface area contributed by atoms with Crippen LogP contribution in [-0.2, 0) is 4.74 Å². The zero-order chi connectivity index (χ0) is 13.1. The molecule has 1 atom stereocenters. The maximum absolute atomic E-state index is 11.7. The minimum atomic E-state index is -0.411. The van der Waals surface area contributed by atoms with E-state index < -0.39 is 6.09 Å². The fourth-order valence-electron chi connectivity index (χ4n) is 1.43. The summed E-state index contributed by atoms with van der Waals surface area (Å²) >= 11 is 0. The van der Waals surface area contributed by atoms with E-state index in [2.05, 4.69) is 15.5 Å². The minimum Gasteiger partial charge on any atom is -0.439 e. The lowest BCUT2D eigenvalue weighted by molar-refractivity contribution is 0.0631. The van der Waals surface area contributed by atoms with Gasteiger partial charge in [0.05, 0.1) is 5.69 Å². The predicted molar refractivity (Wildman–Crippen MR) is 65.5 cm³/mol. The molecule has 0 aromatic carbocycles. The van der Waals surface area contributed by atoms with Crippen LogP contribution in [0.25, 0.3) is 0 Å². The number of H-pyrrole nitrogens is 1. The summed E-state index contributed by atoms with van der Waals surface area (Å²) in [5, 5.41) is 9.47. The van der Waals surface area contributed by atoms with Crippen LogP contribution < -0.4 is 5.32 Å². The van der Waals surface area contributed by atoms with Gasteiger partial charge in [-0.2, -0.15) is 5.10 Å². The van der Waals surface area contributed by atoms with Crippen molar-refractivity contribution in [2.24, 2.45) is 5.92 Å². The first-order valence-electron chi connectivity index (χ1n) is 5.77. The van der Waals surface area contributed by atoms with Gasteiger partial charge in [-0.1, -0.05) is 13.8 Å². The Balaban J connectivity index is 2.66. The molecule has 0 aliphatic rings. The van der Waals surface area contributed by atoms with Gasteiger partial charge >= 0.3 is 6.09 Å². The smallest absolute Gasteiger partial charge is 0.408 e. The fraction of sp³-hybridized carbons (Fsp3) is 0.667. The maximum Gasteiger partial charge on any atom is 0.408 e. The van der Waals surface area contributed by atoms with Crippen molar-refractivity contribution in [3.05, 3.63) is 18.0 Å². The molecule has 0 saturated heterocycles. The highest BCUT2D eigenvalue weighted by Crippen LogP contribution is 2.24. The number of hydrogen-bond donors (Lipinski definition) is 2. The van der Waals surface area contributed by atoms with Gasteiger partial charge in [-0.15, -0.1) is 0 Å². The van der Waals surface area contributed by atoms with Crippen molar-refractivity contribution in [1.82, 2.24) is 15.5 Å². The first-order chi connectivity index (χ1) is 7.79. The average molecular weight is 239 g/mol. The Morgan fingerprint density at radius 1 is 1.47 bits per heavy atom. The van der Waals surface area contributed by atoms with E-state index in [4.69, 9.17) is 4.74 Å². The molecule has 96 valence electrons. The summed E-state index contributed by atoms with van der Waals surface area (Å²) in [5.41, 5.74) is 0.510.